The van der Waals surface area contributed by atoms with E-state index in [1.807, 2.05) is 0 Å². The van der Waals surface area contributed by atoms with E-state index in [1.165, 1.54) is 9.80 Å². The number of rotatable bonds is 6. The highest BCUT2D eigenvalue weighted by atomic mass is 16.5. The molecular weight excluding hydrogens is 440 g/mol. The fraction of sp³-hybridized carbons (Fsp3) is 0.292. The Balaban J connectivity index is 1.19. The molecule has 1 saturated heterocycles. The van der Waals surface area contributed by atoms with Crippen LogP contribution in [0.15, 0.2) is 53.1 Å². The number of hydrogen-bond acceptors (Lipinski definition) is 7. The summed E-state index contributed by atoms with van der Waals surface area (Å²) in [6.45, 7) is 0.652. The maximum Gasteiger partial charge on any atom is 0.407 e. The van der Waals surface area contributed by atoms with Crippen LogP contribution in [0.5, 0.6) is 5.75 Å². The van der Waals surface area contributed by atoms with Gasteiger partial charge in [0, 0.05) is 6.54 Å². The van der Waals surface area contributed by atoms with Gasteiger partial charge in [0.2, 0.25) is 0 Å². The molecule has 0 saturated carbocycles. The normalized spacial score (nSPS) is 17.7. The number of aromatic nitrogens is 2. The summed E-state index contributed by atoms with van der Waals surface area (Å²) in [5.41, 5.74) is 1.63. The minimum Gasteiger partial charge on any atom is -0.484 e. The number of amides is 3. The van der Waals surface area contributed by atoms with E-state index in [0.29, 0.717) is 35.7 Å². The first-order chi connectivity index (χ1) is 16.5. The van der Waals surface area contributed by atoms with Crippen LogP contribution in [-0.2, 0) is 13.2 Å². The second kappa shape index (κ2) is 8.97. The molecule has 2 aliphatic rings. The Morgan fingerprint density at radius 2 is 1.76 bits per heavy atom. The molecule has 0 aliphatic carbocycles. The largest absolute Gasteiger partial charge is 0.484 e. The minimum atomic E-state index is -0.992. The third-order valence-corrected chi connectivity index (χ3v) is 6.03. The molecule has 3 aromatic rings. The van der Waals surface area contributed by atoms with Crippen molar-refractivity contribution < 1.29 is 28.8 Å². The number of ether oxygens (including phenoxy) is 1. The van der Waals surface area contributed by atoms with Gasteiger partial charge in [-0.25, -0.2) is 4.79 Å². The molecule has 0 spiro atoms. The van der Waals surface area contributed by atoms with Crippen molar-refractivity contribution in [3.63, 3.8) is 0 Å². The van der Waals surface area contributed by atoms with Gasteiger partial charge in [-0.15, -0.1) is 0 Å². The molecule has 3 heterocycles. The lowest BCUT2D eigenvalue weighted by Gasteiger charge is -2.31. The summed E-state index contributed by atoms with van der Waals surface area (Å²) >= 11 is 0. The fourth-order valence-electron chi connectivity index (χ4n) is 4.29. The first-order valence-electron chi connectivity index (χ1n) is 11.0. The van der Waals surface area contributed by atoms with E-state index in [0.717, 1.165) is 18.4 Å². The van der Waals surface area contributed by atoms with Crippen LogP contribution in [-0.4, -0.2) is 49.5 Å². The van der Waals surface area contributed by atoms with E-state index in [1.54, 1.807) is 48.5 Å². The number of benzene rings is 2. The van der Waals surface area contributed by atoms with E-state index >= 15 is 0 Å². The van der Waals surface area contributed by atoms with E-state index in [-0.39, 0.29) is 30.9 Å². The van der Waals surface area contributed by atoms with Crippen molar-refractivity contribution in [3.05, 3.63) is 76.9 Å². The zero-order valence-electron chi connectivity index (χ0n) is 18.2. The summed E-state index contributed by atoms with van der Waals surface area (Å²) in [6, 6.07) is 13.4. The molecule has 34 heavy (non-hydrogen) atoms. The molecule has 1 aromatic heterocycles. The van der Waals surface area contributed by atoms with Crippen molar-refractivity contribution in [2.24, 2.45) is 0 Å². The summed E-state index contributed by atoms with van der Waals surface area (Å²) in [6.07, 6.45) is 1.39. The number of likely N-dealkylation sites (tertiary alicyclic amines) is 1. The Morgan fingerprint density at radius 3 is 2.44 bits per heavy atom. The highest BCUT2D eigenvalue weighted by Crippen LogP contribution is 2.29. The van der Waals surface area contributed by atoms with E-state index in [9.17, 15) is 19.5 Å². The third kappa shape index (κ3) is 4.09. The zero-order valence-corrected chi connectivity index (χ0v) is 18.2. The molecule has 1 fully saturated rings. The van der Waals surface area contributed by atoms with Crippen molar-refractivity contribution in [2.45, 2.75) is 38.5 Å². The monoisotopic (exact) mass is 462 g/mol. The number of carboxylic acid groups (broad SMARTS) is 1. The molecule has 0 bridgehead atoms. The Kier molecular flexibility index (Phi) is 5.70. The molecular formula is C24H22N4O6. The average molecular weight is 462 g/mol. The van der Waals surface area contributed by atoms with Crippen molar-refractivity contribution in [1.82, 2.24) is 19.9 Å². The quantitative estimate of drug-likeness (QED) is 0.550. The lowest BCUT2D eigenvalue weighted by atomic mass is 10.0. The van der Waals surface area contributed by atoms with Crippen LogP contribution in [0.4, 0.5) is 4.79 Å². The summed E-state index contributed by atoms with van der Waals surface area (Å²) in [7, 11) is 0. The number of carbonyl (C=O) groups is 3. The van der Waals surface area contributed by atoms with Crippen LogP contribution >= 0.6 is 0 Å². The molecule has 5 rings (SSSR count). The summed E-state index contributed by atoms with van der Waals surface area (Å²) < 4.78 is 11.0. The Bertz CT molecular complexity index is 1200. The van der Waals surface area contributed by atoms with Gasteiger partial charge < -0.3 is 14.4 Å². The van der Waals surface area contributed by atoms with Crippen LogP contribution in [0.1, 0.15) is 63.3 Å². The Morgan fingerprint density at radius 1 is 1.06 bits per heavy atom. The fourth-order valence-corrected chi connectivity index (χ4v) is 4.29. The molecule has 0 radical (unpaired) electrons. The number of hydrogen-bond donors (Lipinski definition) is 1. The number of nitrogens with zero attached hydrogens (tertiary/aromatic N) is 4. The molecule has 0 unspecified atom stereocenters. The average Bonchev–Trinajstić information content (AvgIpc) is 3.43. The second-order valence-electron chi connectivity index (χ2n) is 8.21. The van der Waals surface area contributed by atoms with Crippen LogP contribution in [0.25, 0.3) is 0 Å². The van der Waals surface area contributed by atoms with Crippen LogP contribution < -0.4 is 4.74 Å². The standard InChI is InChI=1S/C24H22N4O6/c29-22-17-5-1-2-6-18(17)23(30)28(22)13-15-8-10-16(11-9-15)33-14-20-25-21(26-34-20)19-7-3-4-12-27(19)24(31)32/h1-2,5-6,8-11,19H,3-4,7,12-14H2,(H,31,32)/t19-/m0/s1. The van der Waals surface area contributed by atoms with Gasteiger partial charge in [-0.1, -0.05) is 29.4 Å². The second-order valence-corrected chi connectivity index (χ2v) is 8.21. The van der Waals surface area contributed by atoms with Gasteiger partial charge >= 0.3 is 6.09 Å². The van der Waals surface area contributed by atoms with Gasteiger partial charge in [0.15, 0.2) is 12.4 Å². The topological polar surface area (TPSA) is 126 Å². The van der Waals surface area contributed by atoms with Gasteiger partial charge in [0.1, 0.15) is 5.75 Å². The van der Waals surface area contributed by atoms with Crippen molar-refractivity contribution in [1.29, 1.82) is 0 Å². The highest BCUT2D eigenvalue weighted by Gasteiger charge is 2.35. The first kappa shape index (κ1) is 21.6. The molecule has 2 aromatic carbocycles. The van der Waals surface area contributed by atoms with Crippen LogP contribution in [0.3, 0.4) is 0 Å². The molecule has 2 aliphatic heterocycles. The molecule has 10 heteroatoms. The number of piperidine rings is 1. The summed E-state index contributed by atoms with van der Waals surface area (Å²) in [5.74, 6) is 0.550. The number of imide groups is 1. The molecule has 3 amide bonds. The van der Waals surface area contributed by atoms with Crippen molar-refractivity contribution in [3.8, 4) is 5.75 Å². The van der Waals surface area contributed by atoms with Crippen molar-refractivity contribution in [2.75, 3.05) is 6.54 Å². The minimum absolute atomic E-state index is 0.0323. The lowest BCUT2D eigenvalue weighted by molar-refractivity contribution is 0.0642. The maximum absolute atomic E-state index is 12.5. The summed E-state index contributed by atoms with van der Waals surface area (Å²) in [4.78, 5) is 43.4. The lowest BCUT2D eigenvalue weighted by Crippen LogP contribution is -2.37. The van der Waals surface area contributed by atoms with Gasteiger partial charge in [-0.2, -0.15) is 4.98 Å². The van der Waals surface area contributed by atoms with Gasteiger partial charge in [0.05, 0.1) is 23.7 Å². The van der Waals surface area contributed by atoms with Gasteiger partial charge in [-0.05, 0) is 49.1 Å². The predicted octanol–water partition coefficient (Wildman–Crippen LogP) is 3.65. The molecule has 174 valence electrons. The SMILES string of the molecule is O=C1c2ccccc2C(=O)N1Cc1ccc(OCc2nc([C@@H]3CCCCN3C(=O)O)no2)cc1. The van der Waals surface area contributed by atoms with Crippen molar-refractivity contribution >= 4 is 17.9 Å². The molecule has 1 N–H and O–H groups in total. The van der Waals surface area contributed by atoms with E-state index in [2.05, 4.69) is 10.1 Å². The van der Waals surface area contributed by atoms with Gasteiger partial charge in [-0.3, -0.25) is 19.4 Å². The smallest absolute Gasteiger partial charge is 0.407 e. The summed E-state index contributed by atoms with van der Waals surface area (Å²) in [5, 5.41) is 13.3. The Labute approximate surface area is 194 Å². The maximum atomic E-state index is 12.5. The molecule has 10 nitrogen and oxygen atoms in total. The molecule has 1 atom stereocenters. The number of carbonyl (C=O) groups excluding carboxylic acids is 2. The highest BCUT2D eigenvalue weighted by molar-refractivity contribution is 6.21. The predicted molar refractivity (Wildman–Crippen MR) is 117 cm³/mol. The van der Waals surface area contributed by atoms with Crippen LogP contribution in [0, 0.1) is 0 Å². The number of fused-ring (bicyclic) bond motifs is 1. The zero-order chi connectivity index (χ0) is 23.7. The Hall–Kier alpha value is -4.21. The van der Waals surface area contributed by atoms with Crippen LogP contribution in [0.2, 0.25) is 0 Å². The first-order valence-corrected chi connectivity index (χ1v) is 11.0. The van der Waals surface area contributed by atoms with E-state index in [4.69, 9.17) is 9.26 Å². The van der Waals surface area contributed by atoms with E-state index < -0.39 is 12.1 Å². The third-order valence-electron chi connectivity index (χ3n) is 6.03. The van der Waals surface area contributed by atoms with Gasteiger partial charge in [0.25, 0.3) is 17.7 Å².